The van der Waals surface area contributed by atoms with Crippen molar-refractivity contribution in [3.8, 4) is 0 Å². The normalized spacial score (nSPS) is 16.2. The Balaban J connectivity index is 1.91. The Morgan fingerprint density at radius 1 is 1.24 bits per heavy atom. The number of carbonyl (C=O) groups is 1. The lowest BCUT2D eigenvalue weighted by Crippen LogP contribution is -2.39. The van der Waals surface area contributed by atoms with Gasteiger partial charge in [-0.15, -0.1) is 0 Å². The maximum absolute atomic E-state index is 12.7. The molecule has 6 nitrogen and oxygen atoms in total. The molecule has 0 aliphatic carbocycles. The maximum Gasteiger partial charge on any atom is 0.253 e. The van der Waals surface area contributed by atoms with Crippen LogP contribution in [0.4, 0.5) is 0 Å². The van der Waals surface area contributed by atoms with Crippen LogP contribution in [0.3, 0.4) is 0 Å². The third-order valence-corrected chi connectivity index (χ3v) is 6.24. The zero-order valence-electron chi connectivity index (χ0n) is 14.9. The van der Waals surface area contributed by atoms with E-state index in [0.717, 1.165) is 12.8 Å². The van der Waals surface area contributed by atoms with Gasteiger partial charge in [-0.1, -0.05) is 13.0 Å². The van der Waals surface area contributed by atoms with Gasteiger partial charge in [0.15, 0.2) is 9.84 Å². The van der Waals surface area contributed by atoms with Gasteiger partial charge >= 0.3 is 0 Å². The summed E-state index contributed by atoms with van der Waals surface area (Å²) in [5.74, 6) is 0.374. The van der Waals surface area contributed by atoms with E-state index in [4.69, 9.17) is 9.47 Å². The van der Waals surface area contributed by atoms with Crippen LogP contribution in [0.15, 0.2) is 29.2 Å². The molecule has 1 heterocycles. The summed E-state index contributed by atoms with van der Waals surface area (Å²) in [4.78, 5) is 14.7. The first-order valence-electron chi connectivity index (χ1n) is 8.66. The second-order valence-corrected chi connectivity index (χ2v) is 8.51. The Morgan fingerprint density at radius 2 is 1.96 bits per heavy atom. The number of sulfone groups is 1. The fraction of sp³-hybridized carbons (Fsp3) is 0.611. The van der Waals surface area contributed by atoms with Crippen molar-refractivity contribution in [3.05, 3.63) is 29.8 Å². The minimum absolute atomic E-state index is 0.0269. The van der Waals surface area contributed by atoms with Gasteiger partial charge < -0.3 is 14.4 Å². The molecule has 1 aromatic carbocycles. The predicted octanol–water partition coefficient (Wildman–Crippen LogP) is 2.00. The van der Waals surface area contributed by atoms with Crippen LogP contribution in [0.1, 0.15) is 30.1 Å². The molecule has 0 N–H and O–H groups in total. The van der Waals surface area contributed by atoms with Crippen LogP contribution >= 0.6 is 0 Å². The SMILES string of the molecule is CCS(=O)(=O)c1cccc(C(=O)N2CCC(COCCOC)CC2)c1. The van der Waals surface area contributed by atoms with Crippen LogP contribution in [0, 0.1) is 5.92 Å². The summed E-state index contributed by atoms with van der Waals surface area (Å²) in [5.41, 5.74) is 0.435. The average Bonchev–Trinajstić information content (AvgIpc) is 2.65. The molecule has 1 fully saturated rings. The van der Waals surface area contributed by atoms with Crippen molar-refractivity contribution in [2.75, 3.05) is 45.8 Å². The molecule has 140 valence electrons. The number of benzene rings is 1. The van der Waals surface area contributed by atoms with Crippen LogP contribution in [-0.4, -0.2) is 65.0 Å². The summed E-state index contributed by atoms with van der Waals surface area (Å²) in [7, 11) is -1.66. The highest BCUT2D eigenvalue weighted by molar-refractivity contribution is 7.91. The Morgan fingerprint density at radius 3 is 2.60 bits per heavy atom. The summed E-state index contributed by atoms with van der Waals surface area (Å²) in [5, 5.41) is 0. The van der Waals surface area contributed by atoms with Crippen molar-refractivity contribution in [1.82, 2.24) is 4.90 Å². The standard InChI is InChI=1S/C18H27NO5S/c1-3-25(21,22)17-6-4-5-16(13-17)18(20)19-9-7-15(8-10-19)14-24-12-11-23-2/h4-6,13,15H,3,7-12,14H2,1-2H3. The fourth-order valence-corrected chi connectivity index (χ4v) is 3.79. The first kappa shape index (κ1) is 19.9. The highest BCUT2D eigenvalue weighted by Gasteiger charge is 2.24. The second-order valence-electron chi connectivity index (χ2n) is 6.23. The van der Waals surface area contributed by atoms with Gasteiger partial charge in [0.2, 0.25) is 0 Å². The number of likely N-dealkylation sites (tertiary alicyclic amines) is 1. The molecule has 25 heavy (non-hydrogen) atoms. The molecule has 1 aliphatic rings. The molecule has 0 bridgehead atoms. The lowest BCUT2D eigenvalue weighted by atomic mass is 9.97. The number of amides is 1. The number of piperidine rings is 1. The molecule has 0 aromatic heterocycles. The van der Waals surface area contributed by atoms with Gasteiger partial charge in [0.1, 0.15) is 0 Å². The van der Waals surface area contributed by atoms with E-state index >= 15 is 0 Å². The number of methoxy groups -OCH3 is 1. The molecular weight excluding hydrogens is 342 g/mol. The van der Waals surface area contributed by atoms with E-state index in [1.165, 1.54) is 6.07 Å². The molecule has 1 aliphatic heterocycles. The van der Waals surface area contributed by atoms with E-state index in [1.807, 2.05) is 0 Å². The van der Waals surface area contributed by atoms with Gasteiger partial charge in [-0.3, -0.25) is 4.79 Å². The fourth-order valence-electron chi connectivity index (χ4n) is 2.87. The molecule has 0 unspecified atom stereocenters. The molecule has 2 rings (SSSR count). The van der Waals surface area contributed by atoms with Gasteiger partial charge in [0, 0.05) is 32.4 Å². The lowest BCUT2D eigenvalue weighted by molar-refractivity contribution is 0.0327. The third-order valence-electron chi connectivity index (χ3n) is 4.51. The quantitative estimate of drug-likeness (QED) is 0.655. The van der Waals surface area contributed by atoms with Gasteiger partial charge in [0.25, 0.3) is 5.91 Å². The van der Waals surface area contributed by atoms with Gasteiger partial charge in [-0.25, -0.2) is 8.42 Å². The van der Waals surface area contributed by atoms with Crippen LogP contribution in [-0.2, 0) is 19.3 Å². The van der Waals surface area contributed by atoms with Crippen LogP contribution in [0.2, 0.25) is 0 Å². The smallest absolute Gasteiger partial charge is 0.253 e. The van der Waals surface area contributed by atoms with Gasteiger partial charge in [-0.2, -0.15) is 0 Å². The number of ether oxygens (including phenoxy) is 2. The van der Waals surface area contributed by atoms with Crippen LogP contribution < -0.4 is 0 Å². The largest absolute Gasteiger partial charge is 0.382 e. The number of carbonyl (C=O) groups excluding carboxylic acids is 1. The maximum atomic E-state index is 12.7. The van der Waals surface area contributed by atoms with Crippen molar-refractivity contribution in [3.63, 3.8) is 0 Å². The molecule has 0 radical (unpaired) electrons. The zero-order valence-corrected chi connectivity index (χ0v) is 15.8. The minimum Gasteiger partial charge on any atom is -0.382 e. The molecule has 0 saturated carbocycles. The minimum atomic E-state index is -3.31. The van der Waals surface area contributed by atoms with Crippen molar-refractivity contribution < 1.29 is 22.7 Å². The van der Waals surface area contributed by atoms with E-state index in [0.29, 0.717) is 44.4 Å². The summed E-state index contributed by atoms with van der Waals surface area (Å²) >= 11 is 0. The highest BCUT2D eigenvalue weighted by Crippen LogP contribution is 2.21. The third kappa shape index (κ3) is 5.52. The Bertz CT molecular complexity index is 666. The average molecular weight is 369 g/mol. The number of rotatable bonds is 8. The molecule has 0 atom stereocenters. The first-order valence-corrected chi connectivity index (χ1v) is 10.3. The first-order chi connectivity index (χ1) is 12.0. The molecule has 1 amide bonds. The Hall–Kier alpha value is -1.44. The summed E-state index contributed by atoms with van der Waals surface area (Å²) < 4.78 is 34.5. The zero-order chi connectivity index (χ0) is 18.3. The van der Waals surface area contributed by atoms with E-state index in [1.54, 1.807) is 37.1 Å². The lowest BCUT2D eigenvalue weighted by Gasteiger charge is -2.32. The van der Waals surface area contributed by atoms with E-state index in [-0.39, 0.29) is 16.6 Å². The monoisotopic (exact) mass is 369 g/mol. The Kier molecular flexibility index (Phi) is 7.40. The molecule has 7 heteroatoms. The van der Waals surface area contributed by atoms with Crippen LogP contribution in [0.25, 0.3) is 0 Å². The van der Waals surface area contributed by atoms with Crippen molar-refractivity contribution in [2.24, 2.45) is 5.92 Å². The summed E-state index contributed by atoms with van der Waals surface area (Å²) in [6, 6.07) is 6.34. The van der Waals surface area contributed by atoms with Gasteiger partial charge in [-0.05, 0) is 37.0 Å². The van der Waals surface area contributed by atoms with Crippen LogP contribution in [0.5, 0.6) is 0 Å². The topological polar surface area (TPSA) is 72.9 Å². The molecule has 1 aromatic rings. The summed E-state index contributed by atoms with van der Waals surface area (Å²) in [6.45, 7) is 4.81. The predicted molar refractivity (Wildman–Crippen MR) is 95.5 cm³/mol. The van der Waals surface area contributed by atoms with Crippen molar-refractivity contribution in [1.29, 1.82) is 0 Å². The second kappa shape index (κ2) is 9.31. The molecule has 0 spiro atoms. The van der Waals surface area contributed by atoms with E-state index < -0.39 is 9.84 Å². The molecule has 1 saturated heterocycles. The number of nitrogens with zero attached hydrogens (tertiary/aromatic N) is 1. The Labute approximate surface area is 150 Å². The van der Waals surface area contributed by atoms with E-state index in [9.17, 15) is 13.2 Å². The van der Waals surface area contributed by atoms with Crippen molar-refractivity contribution >= 4 is 15.7 Å². The van der Waals surface area contributed by atoms with E-state index in [2.05, 4.69) is 0 Å². The summed E-state index contributed by atoms with van der Waals surface area (Å²) in [6.07, 6.45) is 1.79. The van der Waals surface area contributed by atoms with Crippen molar-refractivity contribution in [2.45, 2.75) is 24.7 Å². The highest BCUT2D eigenvalue weighted by atomic mass is 32.2. The molecular formula is C18H27NO5S. The number of hydrogen-bond acceptors (Lipinski definition) is 5. The van der Waals surface area contributed by atoms with Gasteiger partial charge in [0.05, 0.1) is 23.9 Å². The number of hydrogen-bond donors (Lipinski definition) is 0.